The number of hydrogen-bond donors (Lipinski definition) is 1. The van der Waals surface area contributed by atoms with Gasteiger partial charge in [0.05, 0.1) is 6.61 Å². The van der Waals surface area contributed by atoms with Gasteiger partial charge in [-0.2, -0.15) is 0 Å². The van der Waals surface area contributed by atoms with E-state index in [0.29, 0.717) is 31.1 Å². The smallest absolute Gasteiger partial charge is 0.127 e. The summed E-state index contributed by atoms with van der Waals surface area (Å²) in [5, 5.41) is 8.76. The predicted molar refractivity (Wildman–Crippen MR) is 64.6 cm³/mol. The zero-order valence-corrected chi connectivity index (χ0v) is 9.99. The lowest BCUT2D eigenvalue weighted by atomic mass is 9.86. The number of aliphatic hydroxyl groups is 1. The van der Waals surface area contributed by atoms with E-state index in [-0.39, 0.29) is 12.4 Å². The standard InChI is InChI=1S/C14H19FO2/c15-13-7-12(5-2-6-16)8-14(9-13)17-10-11-3-1-4-11/h7-9,11,16H,1-6,10H2. The van der Waals surface area contributed by atoms with E-state index in [2.05, 4.69) is 0 Å². The Hall–Kier alpha value is -1.09. The first kappa shape index (κ1) is 12.4. The van der Waals surface area contributed by atoms with Gasteiger partial charge < -0.3 is 9.84 Å². The average Bonchev–Trinajstić information content (AvgIpc) is 2.23. The molecule has 0 atom stereocenters. The van der Waals surface area contributed by atoms with Crippen molar-refractivity contribution in [3.63, 3.8) is 0 Å². The highest BCUT2D eigenvalue weighted by Crippen LogP contribution is 2.27. The molecule has 1 aliphatic carbocycles. The Morgan fingerprint density at radius 2 is 2.12 bits per heavy atom. The van der Waals surface area contributed by atoms with Crippen LogP contribution in [0.2, 0.25) is 0 Å². The molecule has 17 heavy (non-hydrogen) atoms. The number of ether oxygens (including phenoxy) is 1. The van der Waals surface area contributed by atoms with Crippen molar-refractivity contribution in [3.05, 3.63) is 29.6 Å². The number of aliphatic hydroxyl groups excluding tert-OH is 1. The lowest BCUT2D eigenvalue weighted by Gasteiger charge is -2.25. The minimum absolute atomic E-state index is 0.134. The molecule has 3 heteroatoms. The molecule has 94 valence electrons. The Bertz CT molecular complexity index is 361. The molecule has 0 amide bonds. The van der Waals surface area contributed by atoms with Gasteiger partial charge >= 0.3 is 0 Å². The van der Waals surface area contributed by atoms with Crippen molar-refractivity contribution in [1.29, 1.82) is 0 Å². The maximum Gasteiger partial charge on any atom is 0.127 e. The van der Waals surface area contributed by atoms with Gasteiger partial charge in [0.2, 0.25) is 0 Å². The summed E-state index contributed by atoms with van der Waals surface area (Å²) in [6.07, 6.45) is 5.10. The second-order valence-electron chi connectivity index (χ2n) is 4.73. The van der Waals surface area contributed by atoms with Gasteiger partial charge in [-0.15, -0.1) is 0 Å². The Labute approximate surface area is 101 Å². The molecule has 0 bridgehead atoms. The van der Waals surface area contributed by atoms with Crippen molar-refractivity contribution < 1.29 is 14.2 Å². The Morgan fingerprint density at radius 3 is 2.76 bits per heavy atom. The largest absolute Gasteiger partial charge is 0.493 e. The first-order valence-electron chi connectivity index (χ1n) is 6.31. The minimum Gasteiger partial charge on any atom is -0.493 e. The second kappa shape index (κ2) is 6.01. The summed E-state index contributed by atoms with van der Waals surface area (Å²) < 4.78 is 18.9. The Kier molecular flexibility index (Phi) is 4.37. The summed E-state index contributed by atoms with van der Waals surface area (Å²) in [5.74, 6) is 1.01. The fraction of sp³-hybridized carbons (Fsp3) is 0.571. The molecule has 2 nitrogen and oxygen atoms in total. The zero-order valence-electron chi connectivity index (χ0n) is 9.99. The quantitative estimate of drug-likeness (QED) is 0.825. The summed E-state index contributed by atoms with van der Waals surface area (Å²) in [5.41, 5.74) is 0.891. The van der Waals surface area contributed by atoms with Gasteiger partial charge in [-0.25, -0.2) is 4.39 Å². The van der Waals surface area contributed by atoms with E-state index in [1.165, 1.54) is 31.4 Å². The van der Waals surface area contributed by atoms with Crippen LogP contribution in [0.25, 0.3) is 0 Å². The predicted octanol–water partition coefficient (Wildman–Crippen LogP) is 2.93. The first-order valence-corrected chi connectivity index (χ1v) is 6.31. The Morgan fingerprint density at radius 1 is 1.29 bits per heavy atom. The van der Waals surface area contributed by atoms with Crippen molar-refractivity contribution in [2.24, 2.45) is 5.92 Å². The third-order valence-electron chi connectivity index (χ3n) is 3.27. The SMILES string of the molecule is OCCCc1cc(F)cc(OCC2CCC2)c1. The third kappa shape index (κ3) is 3.70. The van der Waals surface area contributed by atoms with Crippen LogP contribution in [0.15, 0.2) is 18.2 Å². The van der Waals surface area contributed by atoms with Gasteiger partial charge in [0.15, 0.2) is 0 Å². The fourth-order valence-electron chi connectivity index (χ4n) is 2.01. The van der Waals surface area contributed by atoms with Crippen molar-refractivity contribution in [2.45, 2.75) is 32.1 Å². The maximum absolute atomic E-state index is 13.3. The molecule has 0 heterocycles. The van der Waals surface area contributed by atoms with Crippen molar-refractivity contribution in [1.82, 2.24) is 0 Å². The molecule has 1 aliphatic rings. The van der Waals surface area contributed by atoms with Crippen molar-refractivity contribution in [2.75, 3.05) is 13.2 Å². The van der Waals surface area contributed by atoms with E-state index in [1.807, 2.05) is 6.07 Å². The molecule has 0 radical (unpaired) electrons. The van der Waals surface area contributed by atoms with E-state index in [4.69, 9.17) is 9.84 Å². The highest BCUT2D eigenvalue weighted by Gasteiger charge is 2.18. The van der Waals surface area contributed by atoms with E-state index in [0.717, 1.165) is 5.56 Å². The van der Waals surface area contributed by atoms with Gasteiger partial charge in [0.25, 0.3) is 0 Å². The molecule has 0 unspecified atom stereocenters. The van der Waals surface area contributed by atoms with E-state index in [9.17, 15) is 4.39 Å². The van der Waals surface area contributed by atoms with Crippen LogP contribution >= 0.6 is 0 Å². The van der Waals surface area contributed by atoms with E-state index >= 15 is 0 Å². The van der Waals surface area contributed by atoms with Crippen molar-refractivity contribution >= 4 is 0 Å². The van der Waals surface area contributed by atoms with Crippen LogP contribution in [0, 0.1) is 11.7 Å². The van der Waals surface area contributed by atoms with Crippen LogP contribution in [0.3, 0.4) is 0 Å². The molecule has 1 N–H and O–H groups in total. The molecule has 0 spiro atoms. The topological polar surface area (TPSA) is 29.5 Å². The van der Waals surface area contributed by atoms with Gasteiger partial charge in [-0.3, -0.25) is 0 Å². The van der Waals surface area contributed by atoms with Gasteiger partial charge in [0, 0.05) is 12.7 Å². The molecule has 1 aromatic carbocycles. The third-order valence-corrected chi connectivity index (χ3v) is 3.27. The number of hydrogen-bond acceptors (Lipinski definition) is 2. The zero-order chi connectivity index (χ0) is 12.1. The molecule has 0 aromatic heterocycles. The summed E-state index contributed by atoms with van der Waals surface area (Å²) in [7, 11) is 0. The monoisotopic (exact) mass is 238 g/mol. The van der Waals surface area contributed by atoms with Crippen LogP contribution in [0.1, 0.15) is 31.2 Å². The summed E-state index contributed by atoms with van der Waals surface area (Å²) in [6.45, 7) is 0.831. The second-order valence-corrected chi connectivity index (χ2v) is 4.73. The number of aryl methyl sites for hydroxylation is 1. The van der Waals surface area contributed by atoms with Gasteiger partial charge in [-0.1, -0.05) is 6.42 Å². The fourth-order valence-corrected chi connectivity index (χ4v) is 2.01. The highest BCUT2D eigenvalue weighted by atomic mass is 19.1. The number of rotatable bonds is 6. The number of halogens is 1. The minimum atomic E-state index is -0.260. The van der Waals surface area contributed by atoms with Crippen LogP contribution < -0.4 is 4.74 Å². The van der Waals surface area contributed by atoms with Crippen LogP contribution in [0.4, 0.5) is 4.39 Å². The lowest BCUT2D eigenvalue weighted by Crippen LogP contribution is -2.19. The number of benzene rings is 1. The van der Waals surface area contributed by atoms with Crippen LogP contribution in [-0.2, 0) is 6.42 Å². The van der Waals surface area contributed by atoms with Crippen LogP contribution in [0.5, 0.6) is 5.75 Å². The molecular formula is C14H19FO2. The molecule has 1 aromatic rings. The average molecular weight is 238 g/mol. The molecule has 1 saturated carbocycles. The summed E-state index contributed by atoms with van der Waals surface area (Å²) >= 11 is 0. The molecule has 2 rings (SSSR count). The normalized spacial score (nSPS) is 15.6. The molecule has 0 aliphatic heterocycles. The van der Waals surface area contributed by atoms with Crippen LogP contribution in [-0.4, -0.2) is 18.3 Å². The maximum atomic E-state index is 13.3. The van der Waals surface area contributed by atoms with Crippen molar-refractivity contribution in [3.8, 4) is 5.75 Å². The van der Waals surface area contributed by atoms with Gasteiger partial charge in [0.1, 0.15) is 11.6 Å². The lowest BCUT2D eigenvalue weighted by molar-refractivity contribution is 0.180. The van der Waals surface area contributed by atoms with Gasteiger partial charge in [-0.05, 0) is 49.3 Å². The molecule has 1 fully saturated rings. The Balaban J connectivity index is 1.92. The van der Waals surface area contributed by atoms with E-state index < -0.39 is 0 Å². The summed E-state index contributed by atoms with van der Waals surface area (Å²) in [4.78, 5) is 0. The highest BCUT2D eigenvalue weighted by molar-refractivity contribution is 5.29. The van der Waals surface area contributed by atoms with E-state index in [1.54, 1.807) is 0 Å². The summed E-state index contributed by atoms with van der Waals surface area (Å²) in [6, 6.07) is 4.81. The first-order chi connectivity index (χ1) is 8.28. The molecule has 0 saturated heterocycles. The molecular weight excluding hydrogens is 219 g/mol.